The molecule has 2 fully saturated rings. The van der Waals surface area contributed by atoms with E-state index >= 15 is 0 Å². The van der Waals surface area contributed by atoms with Gasteiger partial charge in [0.1, 0.15) is 6.04 Å². The summed E-state index contributed by atoms with van der Waals surface area (Å²) in [5.41, 5.74) is 0. The monoisotopic (exact) mass is 284 g/mol. The van der Waals surface area contributed by atoms with Crippen molar-refractivity contribution in [3.05, 3.63) is 0 Å². The Morgan fingerprint density at radius 3 is 2.95 bits per heavy atom. The number of morpholine rings is 1. The second-order valence-corrected chi connectivity index (χ2v) is 5.91. The number of hydrogen-bond acceptors (Lipinski definition) is 5. The molecule has 0 radical (unpaired) electrons. The molecule has 6 heteroatoms. The Kier molecular flexibility index (Phi) is 5.77. The van der Waals surface area contributed by atoms with Crippen LogP contribution < -0.4 is 10.6 Å². The van der Waals surface area contributed by atoms with Crippen molar-refractivity contribution in [1.29, 1.82) is 0 Å². The summed E-state index contributed by atoms with van der Waals surface area (Å²) in [7, 11) is 1.70. The predicted octanol–water partition coefficient (Wildman–Crippen LogP) is -0.885. The van der Waals surface area contributed by atoms with Gasteiger partial charge in [-0.05, 0) is 13.8 Å². The third-order valence-electron chi connectivity index (χ3n) is 4.24. The molecule has 0 bridgehead atoms. The number of piperazine rings is 1. The minimum absolute atomic E-state index is 0.0771. The molecular formula is C14H28N4O2. The van der Waals surface area contributed by atoms with Gasteiger partial charge < -0.3 is 15.4 Å². The first-order valence-electron chi connectivity index (χ1n) is 7.64. The topological polar surface area (TPSA) is 56.8 Å². The summed E-state index contributed by atoms with van der Waals surface area (Å²) < 4.78 is 5.89. The summed E-state index contributed by atoms with van der Waals surface area (Å²) in [6, 6.07) is 0.478. The third kappa shape index (κ3) is 3.91. The fourth-order valence-corrected chi connectivity index (χ4v) is 2.97. The average molecular weight is 284 g/mol. The molecule has 20 heavy (non-hydrogen) atoms. The van der Waals surface area contributed by atoms with E-state index in [1.807, 2.05) is 0 Å². The van der Waals surface area contributed by atoms with Crippen molar-refractivity contribution in [1.82, 2.24) is 20.4 Å². The molecule has 2 aliphatic heterocycles. The molecule has 0 aromatic carbocycles. The highest BCUT2D eigenvalue weighted by Gasteiger charge is 2.31. The van der Waals surface area contributed by atoms with Gasteiger partial charge in [0.05, 0.1) is 12.7 Å². The van der Waals surface area contributed by atoms with Crippen LogP contribution in [-0.2, 0) is 9.53 Å². The summed E-state index contributed by atoms with van der Waals surface area (Å²) in [6.07, 6.45) is 0.205. The van der Waals surface area contributed by atoms with E-state index in [1.54, 1.807) is 7.05 Å². The van der Waals surface area contributed by atoms with Crippen LogP contribution in [0.25, 0.3) is 0 Å². The lowest BCUT2D eigenvalue weighted by atomic mass is 10.1. The average Bonchev–Trinajstić information content (AvgIpc) is 2.47. The van der Waals surface area contributed by atoms with Crippen molar-refractivity contribution >= 4 is 5.91 Å². The fourth-order valence-electron chi connectivity index (χ4n) is 2.97. The molecule has 2 rings (SSSR count). The lowest BCUT2D eigenvalue weighted by Crippen LogP contribution is -2.60. The van der Waals surface area contributed by atoms with Crippen molar-refractivity contribution in [3.8, 4) is 0 Å². The van der Waals surface area contributed by atoms with E-state index < -0.39 is 0 Å². The first-order chi connectivity index (χ1) is 9.61. The molecule has 2 aliphatic rings. The second-order valence-electron chi connectivity index (χ2n) is 5.91. The standard InChI is InChI=1S/C14H28N4O2/c1-11(2)17-6-7-20-12(9-17)10-18-5-4-16-8-13(18)14(19)15-3/h11-13,16H,4-10H2,1-3H3,(H,15,19). The van der Waals surface area contributed by atoms with E-state index in [-0.39, 0.29) is 18.1 Å². The Bertz CT molecular complexity index is 324. The number of amides is 1. The zero-order chi connectivity index (χ0) is 14.5. The first-order valence-corrected chi connectivity index (χ1v) is 7.64. The van der Waals surface area contributed by atoms with Gasteiger partial charge >= 0.3 is 0 Å². The predicted molar refractivity (Wildman–Crippen MR) is 78.7 cm³/mol. The molecule has 2 unspecified atom stereocenters. The van der Waals surface area contributed by atoms with Gasteiger partial charge in [0.25, 0.3) is 0 Å². The Morgan fingerprint density at radius 1 is 1.45 bits per heavy atom. The van der Waals surface area contributed by atoms with Gasteiger partial charge in [-0.2, -0.15) is 0 Å². The Balaban J connectivity index is 1.91. The van der Waals surface area contributed by atoms with Crippen molar-refractivity contribution in [2.24, 2.45) is 0 Å². The number of ether oxygens (including phenoxy) is 1. The maximum Gasteiger partial charge on any atom is 0.238 e. The third-order valence-corrected chi connectivity index (χ3v) is 4.24. The summed E-state index contributed by atoms with van der Waals surface area (Å²) in [4.78, 5) is 16.7. The zero-order valence-corrected chi connectivity index (χ0v) is 12.9. The maximum absolute atomic E-state index is 11.9. The van der Waals surface area contributed by atoms with Crippen LogP contribution in [0.1, 0.15) is 13.8 Å². The van der Waals surface area contributed by atoms with Gasteiger partial charge in [0.2, 0.25) is 5.91 Å². The number of nitrogens with zero attached hydrogens (tertiary/aromatic N) is 2. The number of rotatable bonds is 4. The van der Waals surface area contributed by atoms with E-state index in [1.165, 1.54) is 0 Å². The lowest BCUT2D eigenvalue weighted by molar-refractivity contribution is -0.128. The summed E-state index contributed by atoms with van der Waals surface area (Å²) in [6.45, 7) is 10.6. The molecule has 0 aromatic heterocycles. The van der Waals surface area contributed by atoms with E-state index in [9.17, 15) is 4.79 Å². The molecule has 2 N–H and O–H groups in total. The van der Waals surface area contributed by atoms with E-state index in [0.29, 0.717) is 6.04 Å². The van der Waals surface area contributed by atoms with Crippen molar-refractivity contribution in [2.75, 3.05) is 52.9 Å². The van der Waals surface area contributed by atoms with Gasteiger partial charge in [-0.3, -0.25) is 14.6 Å². The normalized spacial score (nSPS) is 29.6. The van der Waals surface area contributed by atoms with Crippen LogP contribution >= 0.6 is 0 Å². The quantitative estimate of drug-likeness (QED) is 0.702. The summed E-state index contributed by atoms with van der Waals surface area (Å²) in [5, 5.41) is 6.05. The molecule has 0 spiro atoms. The molecule has 1 amide bonds. The van der Waals surface area contributed by atoms with Crippen molar-refractivity contribution in [3.63, 3.8) is 0 Å². The minimum Gasteiger partial charge on any atom is -0.374 e. The number of likely N-dealkylation sites (N-methyl/N-ethyl adjacent to an activating group) is 1. The Morgan fingerprint density at radius 2 is 2.25 bits per heavy atom. The van der Waals surface area contributed by atoms with E-state index in [4.69, 9.17) is 4.74 Å². The van der Waals surface area contributed by atoms with Gasteiger partial charge in [-0.25, -0.2) is 0 Å². The molecule has 116 valence electrons. The van der Waals surface area contributed by atoms with Crippen LogP contribution in [0.15, 0.2) is 0 Å². The van der Waals surface area contributed by atoms with Crippen LogP contribution in [0.3, 0.4) is 0 Å². The SMILES string of the molecule is CNC(=O)C1CNCCN1CC1CN(C(C)C)CCO1. The number of nitrogens with one attached hydrogen (secondary N) is 2. The van der Waals surface area contributed by atoms with Crippen molar-refractivity contribution < 1.29 is 9.53 Å². The Labute approximate surface area is 121 Å². The van der Waals surface area contributed by atoms with E-state index in [2.05, 4.69) is 34.3 Å². The van der Waals surface area contributed by atoms with Crippen LogP contribution in [0.2, 0.25) is 0 Å². The number of carbonyl (C=O) groups excluding carboxylic acids is 1. The Hall–Kier alpha value is -0.690. The molecule has 2 saturated heterocycles. The van der Waals surface area contributed by atoms with Crippen LogP contribution in [0.4, 0.5) is 0 Å². The van der Waals surface area contributed by atoms with Crippen LogP contribution in [0.5, 0.6) is 0 Å². The van der Waals surface area contributed by atoms with Gasteiger partial charge in [0.15, 0.2) is 0 Å². The molecule has 6 nitrogen and oxygen atoms in total. The summed E-state index contributed by atoms with van der Waals surface area (Å²) in [5.74, 6) is 0.0914. The lowest BCUT2D eigenvalue weighted by Gasteiger charge is -2.41. The van der Waals surface area contributed by atoms with Gasteiger partial charge in [0, 0.05) is 52.4 Å². The summed E-state index contributed by atoms with van der Waals surface area (Å²) >= 11 is 0. The van der Waals surface area contributed by atoms with Crippen molar-refractivity contribution in [2.45, 2.75) is 32.0 Å². The molecule has 2 heterocycles. The number of hydrogen-bond donors (Lipinski definition) is 2. The van der Waals surface area contributed by atoms with Gasteiger partial charge in [-0.15, -0.1) is 0 Å². The molecular weight excluding hydrogens is 256 g/mol. The fraction of sp³-hybridized carbons (Fsp3) is 0.929. The molecule has 0 aromatic rings. The maximum atomic E-state index is 11.9. The largest absolute Gasteiger partial charge is 0.374 e. The minimum atomic E-state index is -0.0771. The van der Waals surface area contributed by atoms with Crippen LogP contribution in [0, 0.1) is 0 Å². The zero-order valence-electron chi connectivity index (χ0n) is 12.9. The highest BCUT2D eigenvalue weighted by Crippen LogP contribution is 2.12. The van der Waals surface area contributed by atoms with Gasteiger partial charge in [-0.1, -0.05) is 0 Å². The molecule has 0 aliphatic carbocycles. The molecule has 0 saturated carbocycles. The van der Waals surface area contributed by atoms with E-state index in [0.717, 1.165) is 45.9 Å². The first kappa shape index (κ1) is 15.7. The van der Waals surface area contributed by atoms with Crippen LogP contribution in [-0.4, -0.2) is 86.8 Å². The highest BCUT2D eigenvalue weighted by molar-refractivity contribution is 5.81. The second kappa shape index (κ2) is 7.36. The highest BCUT2D eigenvalue weighted by atomic mass is 16.5. The molecule has 2 atom stereocenters. The number of carbonyl (C=O) groups is 1. The smallest absolute Gasteiger partial charge is 0.238 e.